The zero-order chi connectivity index (χ0) is 13.0. The number of hydrogen-bond donors (Lipinski definition) is 0. The fourth-order valence-electron chi connectivity index (χ4n) is 2.40. The second-order valence-electron chi connectivity index (χ2n) is 4.85. The van der Waals surface area contributed by atoms with Gasteiger partial charge in [0.05, 0.1) is 6.10 Å². The van der Waals surface area contributed by atoms with E-state index in [1.165, 1.54) is 0 Å². The van der Waals surface area contributed by atoms with E-state index in [1.807, 2.05) is 24.3 Å². The summed E-state index contributed by atoms with van der Waals surface area (Å²) in [7, 11) is 1.75. The molecular formula is C15H20O3. The maximum Gasteiger partial charge on any atom is 0.159 e. The molecule has 0 spiro atoms. The van der Waals surface area contributed by atoms with Gasteiger partial charge in [0.1, 0.15) is 11.9 Å². The lowest BCUT2D eigenvalue weighted by Gasteiger charge is -2.28. The van der Waals surface area contributed by atoms with Gasteiger partial charge in [-0.1, -0.05) is 12.1 Å². The summed E-state index contributed by atoms with van der Waals surface area (Å²) in [5, 5.41) is 0. The molecule has 0 bridgehead atoms. The van der Waals surface area contributed by atoms with Crippen molar-refractivity contribution in [3.05, 3.63) is 29.8 Å². The van der Waals surface area contributed by atoms with Crippen LogP contribution in [-0.4, -0.2) is 25.1 Å². The number of carbonyl (C=O) groups excluding carboxylic acids is 1. The van der Waals surface area contributed by atoms with Crippen LogP contribution in [0.1, 0.15) is 43.0 Å². The van der Waals surface area contributed by atoms with Crippen molar-refractivity contribution in [2.24, 2.45) is 0 Å². The van der Waals surface area contributed by atoms with E-state index in [2.05, 4.69) is 0 Å². The van der Waals surface area contributed by atoms with E-state index >= 15 is 0 Å². The number of methoxy groups -OCH3 is 1. The van der Waals surface area contributed by atoms with Gasteiger partial charge in [0.25, 0.3) is 0 Å². The van der Waals surface area contributed by atoms with Crippen LogP contribution in [0.25, 0.3) is 0 Å². The van der Waals surface area contributed by atoms with E-state index in [9.17, 15) is 4.79 Å². The highest BCUT2D eigenvalue weighted by atomic mass is 16.5. The summed E-state index contributed by atoms with van der Waals surface area (Å²) in [4.78, 5) is 11.3. The topological polar surface area (TPSA) is 35.5 Å². The van der Waals surface area contributed by atoms with Crippen molar-refractivity contribution in [2.75, 3.05) is 7.11 Å². The standard InChI is InChI=1S/C15H20O3/c1-11(16)12-5-3-7-14(9-12)18-15-8-4-6-13(10-15)17-2/h3,5,7,9,13,15H,4,6,8,10H2,1-2H3. The molecule has 1 aromatic rings. The van der Waals surface area contributed by atoms with Crippen molar-refractivity contribution in [1.29, 1.82) is 0 Å². The van der Waals surface area contributed by atoms with E-state index in [1.54, 1.807) is 14.0 Å². The molecule has 0 radical (unpaired) electrons. The molecule has 18 heavy (non-hydrogen) atoms. The van der Waals surface area contributed by atoms with E-state index in [0.29, 0.717) is 11.7 Å². The first-order valence-corrected chi connectivity index (χ1v) is 6.49. The zero-order valence-electron chi connectivity index (χ0n) is 11.0. The monoisotopic (exact) mass is 248 g/mol. The molecule has 0 aliphatic heterocycles. The third-order valence-corrected chi connectivity index (χ3v) is 3.45. The maximum atomic E-state index is 11.3. The van der Waals surface area contributed by atoms with Crippen molar-refractivity contribution >= 4 is 5.78 Å². The Morgan fingerprint density at radius 3 is 2.78 bits per heavy atom. The van der Waals surface area contributed by atoms with Crippen molar-refractivity contribution in [2.45, 2.75) is 44.8 Å². The molecule has 3 nitrogen and oxygen atoms in total. The SMILES string of the molecule is COC1CCCC(Oc2cccc(C(C)=O)c2)C1. The number of ether oxygens (including phenoxy) is 2. The molecule has 1 fully saturated rings. The summed E-state index contributed by atoms with van der Waals surface area (Å²) in [6.45, 7) is 1.57. The van der Waals surface area contributed by atoms with Crippen LogP contribution in [-0.2, 0) is 4.74 Å². The molecule has 0 heterocycles. The molecular weight excluding hydrogens is 228 g/mol. The maximum absolute atomic E-state index is 11.3. The normalized spacial score (nSPS) is 23.7. The quantitative estimate of drug-likeness (QED) is 0.767. The number of rotatable bonds is 4. The molecule has 2 atom stereocenters. The van der Waals surface area contributed by atoms with Gasteiger partial charge >= 0.3 is 0 Å². The number of hydrogen-bond acceptors (Lipinski definition) is 3. The lowest BCUT2D eigenvalue weighted by Crippen LogP contribution is -2.29. The minimum Gasteiger partial charge on any atom is -0.490 e. The average molecular weight is 248 g/mol. The predicted octanol–water partition coefficient (Wildman–Crippen LogP) is 3.23. The van der Waals surface area contributed by atoms with E-state index in [4.69, 9.17) is 9.47 Å². The second kappa shape index (κ2) is 6.01. The van der Waals surface area contributed by atoms with Crippen LogP contribution < -0.4 is 4.74 Å². The van der Waals surface area contributed by atoms with Gasteiger partial charge in [-0.05, 0) is 38.3 Å². The summed E-state index contributed by atoms with van der Waals surface area (Å²) >= 11 is 0. The predicted molar refractivity (Wildman–Crippen MR) is 70.1 cm³/mol. The fraction of sp³-hybridized carbons (Fsp3) is 0.533. The minimum atomic E-state index is 0.0684. The van der Waals surface area contributed by atoms with Crippen LogP contribution in [0.15, 0.2) is 24.3 Å². The van der Waals surface area contributed by atoms with Gasteiger partial charge < -0.3 is 9.47 Å². The number of ketones is 1. The fourth-order valence-corrected chi connectivity index (χ4v) is 2.40. The van der Waals surface area contributed by atoms with Gasteiger partial charge in [-0.25, -0.2) is 0 Å². The Balaban J connectivity index is 2.00. The van der Waals surface area contributed by atoms with Gasteiger partial charge in [-0.3, -0.25) is 4.79 Å². The van der Waals surface area contributed by atoms with Crippen LogP contribution in [0.2, 0.25) is 0 Å². The van der Waals surface area contributed by atoms with E-state index in [-0.39, 0.29) is 11.9 Å². The first-order valence-electron chi connectivity index (χ1n) is 6.49. The molecule has 3 heteroatoms. The highest BCUT2D eigenvalue weighted by Crippen LogP contribution is 2.25. The van der Waals surface area contributed by atoms with Gasteiger partial charge in [-0.2, -0.15) is 0 Å². The zero-order valence-corrected chi connectivity index (χ0v) is 11.0. The van der Waals surface area contributed by atoms with Crippen LogP contribution in [0.5, 0.6) is 5.75 Å². The largest absolute Gasteiger partial charge is 0.490 e. The molecule has 1 saturated carbocycles. The summed E-state index contributed by atoms with van der Waals surface area (Å²) in [5.74, 6) is 0.850. The van der Waals surface area contributed by atoms with Crippen molar-refractivity contribution in [1.82, 2.24) is 0 Å². The van der Waals surface area contributed by atoms with Gasteiger partial charge in [0.15, 0.2) is 5.78 Å². The first kappa shape index (κ1) is 13.1. The summed E-state index contributed by atoms with van der Waals surface area (Å²) in [6.07, 6.45) is 4.75. The second-order valence-corrected chi connectivity index (χ2v) is 4.85. The Morgan fingerprint density at radius 1 is 1.28 bits per heavy atom. The highest BCUT2D eigenvalue weighted by Gasteiger charge is 2.23. The van der Waals surface area contributed by atoms with Crippen LogP contribution >= 0.6 is 0 Å². The van der Waals surface area contributed by atoms with Crippen molar-refractivity contribution < 1.29 is 14.3 Å². The number of Topliss-reactive ketones (excluding diaryl/α,β-unsaturated/α-hetero) is 1. The highest BCUT2D eigenvalue weighted by molar-refractivity contribution is 5.94. The summed E-state index contributed by atoms with van der Waals surface area (Å²) < 4.78 is 11.3. The minimum absolute atomic E-state index is 0.0684. The molecule has 0 amide bonds. The molecule has 2 unspecified atom stereocenters. The van der Waals surface area contributed by atoms with Gasteiger partial charge in [-0.15, -0.1) is 0 Å². The number of carbonyl (C=O) groups is 1. The van der Waals surface area contributed by atoms with Crippen LogP contribution in [0.3, 0.4) is 0 Å². The lowest BCUT2D eigenvalue weighted by molar-refractivity contribution is 0.0209. The van der Waals surface area contributed by atoms with E-state index < -0.39 is 0 Å². The molecule has 0 aromatic heterocycles. The Labute approximate surface area is 108 Å². The van der Waals surface area contributed by atoms with Crippen LogP contribution in [0, 0.1) is 0 Å². The smallest absolute Gasteiger partial charge is 0.159 e. The van der Waals surface area contributed by atoms with Gasteiger partial charge in [0.2, 0.25) is 0 Å². The summed E-state index contributed by atoms with van der Waals surface area (Å²) in [6, 6.07) is 7.40. The first-order chi connectivity index (χ1) is 8.69. The van der Waals surface area contributed by atoms with Crippen LogP contribution in [0.4, 0.5) is 0 Å². The molecule has 1 aliphatic carbocycles. The van der Waals surface area contributed by atoms with Crippen molar-refractivity contribution in [3.63, 3.8) is 0 Å². The third-order valence-electron chi connectivity index (χ3n) is 3.45. The number of benzene rings is 1. The summed E-state index contributed by atoms with van der Waals surface area (Å²) in [5.41, 5.74) is 0.701. The molecule has 2 rings (SSSR count). The molecule has 0 saturated heterocycles. The van der Waals surface area contributed by atoms with E-state index in [0.717, 1.165) is 31.4 Å². The molecule has 1 aromatic carbocycles. The Kier molecular flexibility index (Phi) is 4.37. The molecule has 0 N–H and O–H groups in total. The molecule has 1 aliphatic rings. The Bertz CT molecular complexity index is 414. The lowest BCUT2D eigenvalue weighted by atomic mass is 9.95. The Morgan fingerprint density at radius 2 is 2.06 bits per heavy atom. The average Bonchev–Trinajstić information content (AvgIpc) is 2.39. The molecule has 98 valence electrons. The van der Waals surface area contributed by atoms with Gasteiger partial charge in [0, 0.05) is 19.1 Å². The van der Waals surface area contributed by atoms with Crippen molar-refractivity contribution in [3.8, 4) is 5.75 Å². The third kappa shape index (κ3) is 3.33. The Hall–Kier alpha value is -1.35.